The summed E-state index contributed by atoms with van der Waals surface area (Å²) in [5.74, 6) is 0. The van der Waals surface area contributed by atoms with Crippen LogP contribution in [0.1, 0.15) is 119 Å². The molecular weight excluding hydrogens is 496 g/mol. The predicted octanol–water partition coefficient (Wildman–Crippen LogP) is 8.32. The van der Waals surface area contributed by atoms with Crippen LogP contribution in [-0.2, 0) is 33.2 Å². The van der Waals surface area contributed by atoms with Gasteiger partial charge in [0.15, 0.2) is 25.2 Å². The second-order valence-electron chi connectivity index (χ2n) is 9.43. The van der Waals surface area contributed by atoms with Gasteiger partial charge in [-0.25, -0.2) is 0 Å². The van der Waals surface area contributed by atoms with Crippen LogP contribution in [0, 0.1) is 0 Å². The Kier molecular flexibility index (Phi) is 29.5. The fourth-order valence-corrected chi connectivity index (χ4v) is 3.83. The van der Waals surface area contributed by atoms with Crippen molar-refractivity contribution < 1.29 is 33.2 Å². The van der Waals surface area contributed by atoms with Crippen LogP contribution < -0.4 is 0 Å². The molecule has 39 heavy (non-hydrogen) atoms. The molecule has 0 radical (unpaired) electrons. The molecule has 0 amide bonds. The molecule has 2 atom stereocenters. The quantitative estimate of drug-likeness (QED) is 0.0499. The summed E-state index contributed by atoms with van der Waals surface area (Å²) in [5, 5.41) is 0. The lowest BCUT2D eigenvalue weighted by Gasteiger charge is -2.21. The highest BCUT2D eigenvalue weighted by molar-refractivity contribution is 4.89. The van der Waals surface area contributed by atoms with Crippen molar-refractivity contribution in [1.29, 1.82) is 0 Å². The third kappa shape index (κ3) is 24.7. The van der Waals surface area contributed by atoms with Gasteiger partial charge >= 0.3 is 0 Å². The van der Waals surface area contributed by atoms with E-state index < -0.39 is 12.6 Å². The van der Waals surface area contributed by atoms with Gasteiger partial charge < -0.3 is 33.2 Å². The van der Waals surface area contributed by atoms with E-state index >= 15 is 0 Å². The number of allylic oxidation sites excluding steroid dienone is 2. The van der Waals surface area contributed by atoms with Crippen molar-refractivity contribution in [2.24, 2.45) is 0 Å². The van der Waals surface area contributed by atoms with Gasteiger partial charge in [0.1, 0.15) is 0 Å². The topological polar surface area (TPSA) is 64.6 Å². The molecule has 7 heteroatoms. The molecule has 7 nitrogen and oxygen atoms in total. The Bertz CT molecular complexity index is 483. The number of rotatable bonds is 30. The van der Waals surface area contributed by atoms with Crippen LogP contribution in [0.3, 0.4) is 0 Å². The largest absolute Gasteiger partial charge is 0.353 e. The normalized spacial score (nSPS) is 13.9. The van der Waals surface area contributed by atoms with E-state index in [2.05, 4.69) is 26.0 Å². The molecule has 0 saturated heterocycles. The molecule has 2 unspecified atom stereocenters. The van der Waals surface area contributed by atoms with Crippen LogP contribution in [0.25, 0.3) is 0 Å². The summed E-state index contributed by atoms with van der Waals surface area (Å²) >= 11 is 0. The zero-order chi connectivity index (χ0) is 28.8. The summed E-state index contributed by atoms with van der Waals surface area (Å²) in [6.45, 7) is 16.4. The van der Waals surface area contributed by atoms with Crippen molar-refractivity contribution in [3.63, 3.8) is 0 Å². The Morgan fingerprint density at radius 2 is 0.846 bits per heavy atom. The number of hydrogen-bond donors (Lipinski definition) is 0. The van der Waals surface area contributed by atoms with Gasteiger partial charge in [0, 0.05) is 26.4 Å². The molecule has 0 fully saturated rings. The molecule has 0 N–H and O–H groups in total. The van der Waals surface area contributed by atoms with Gasteiger partial charge in [-0.3, -0.25) is 0 Å². The minimum absolute atomic E-state index is 0.0963. The smallest absolute Gasteiger partial charge is 0.180 e. The lowest BCUT2D eigenvalue weighted by molar-refractivity contribution is -0.208. The van der Waals surface area contributed by atoms with E-state index in [9.17, 15) is 0 Å². The maximum Gasteiger partial charge on any atom is 0.180 e. The van der Waals surface area contributed by atoms with E-state index in [1.165, 1.54) is 0 Å². The van der Waals surface area contributed by atoms with E-state index in [4.69, 9.17) is 33.2 Å². The van der Waals surface area contributed by atoms with E-state index in [0.717, 1.165) is 77.0 Å². The van der Waals surface area contributed by atoms with Gasteiger partial charge in [-0.05, 0) is 104 Å². The molecule has 0 spiro atoms. The molecule has 0 rings (SSSR count). The molecule has 0 aliphatic heterocycles. The van der Waals surface area contributed by atoms with Crippen LogP contribution >= 0.6 is 0 Å². The number of hydrogen-bond acceptors (Lipinski definition) is 7. The summed E-state index contributed by atoms with van der Waals surface area (Å²) in [7, 11) is 0. The SMILES string of the molecule is CCCCOC(C=CCCCCC(OCC)OCC)OC(C=CCCCCC(OCC)OCC)OCCCC. The monoisotopic (exact) mass is 558 g/mol. The minimum Gasteiger partial charge on any atom is -0.353 e. The Labute approximate surface area is 240 Å². The highest BCUT2D eigenvalue weighted by Gasteiger charge is 2.14. The Morgan fingerprint density at radius 1 is 0.462 bits per heavy atom. The number of unbranched alkanes of at least 4 members (excludes halogenated alkanes) is 6. The average Bonchev–Trinajstić information content (AvgIpc) is 2.92. The standard InChI is InChI=1S/C32H62O7/c1-7-13-27-37-31(25-21-17-15-19-23-29(33-9-3)34-10-4)39-32(38-28-14-8-2)26-22-18-16-20-24-30(35-11-5)36-12-6/h21-22,25-26,29-32H,7-20,23-24,27-28H2,1-6H3. The summed E-state index contributed by atoms with van der Waals surface area (Å²) in [6, 6.07) is 0. The molecule has 0 bridgehead atoms. The van der Waals surface area contributed by atoms with Crippen molar-refractivity contribution in [1.82, 2.24) is 0 Å². The summed E-state index contributed by atoms with van der Waals surface area (Å²) < 4.78 is 40.9. The fraction of sp³-hybridized carbons (Fsp3) is 0.875. The van der Waals surface area contributed by atoms with Gasteiger partial charge in [0.05, 0.1) is 13.2 Å². The first kappa shape index (κ1) is 38.2. The van der Waals surface area contributed by atoms with Crippen LogP contribution in [0.2, 0.25) is 0 Å². The summed E-state index contributed by atoms with van der Waals surface area (Å²) in [5.41, 5.74) is 0. The second kappa shape index (κ2) is 30.2. The van der Waals surface area contributed by atoms with E-state index in [1.54, 1.807) is 0 Å². The second-order valence-corrected chi connectivity index (χ2v) is 9.43. The highest BCUT2D eigenvalue weighted by Crippen LogP contribution is 2.13. The lowest BCUT2D eigenvalue weighted by atomic mass is 10.2. The van der Waals surface area contributed by atoms with Crippen molar-refractivity contribution in [3.8, 4) is 0 Å². The van der Waals surface area contributed by atoms with Crippen LogP contribution in [-0.4, -0.2) is 64.8 Å². The fourth-order valence-electron chi connectivity index (χ4n) is 3.83. The Hall–Kier alpha value is -0.800. The van der Waals surface area contributed by atoms with Gasteiger partial charge in [-0.1, -0.05) is 38.8 Å². The molecule has 0 aromatic heterocycles. The van der Waals surface area contributed by atoms with Crippen LogP contribution in [0.4, 0.5) is 0 Å². The lowest BCUT2D eigenvalue weighted by Crippen LogP contribution is -2.25. The third-order valence-corrected chi connectivity index (χ3v) is 5.95. The summed E-state index contributed by atoms with van der Waals surface area (Å²) in [6.07, 6.45) is 19.5. The summed E-state index contributed by atoms with van der Waals surface area (Å²) in [4.78, 5) is 0. The van der Waals surface area contributed by atoms with Gasteiger partial charge in [-0.15, -0.1) is 0 Å². The van der Waals surface area contributed by atoms with E-state index in [-0.39, 0.29) is 12.6 Å². The van der Waals surface area contributed by atoms with Crippen molar-refractivity contribution in [3.05, 3.63) is 24.3 Å². The first-order valence-electron chi connectivity index (χ1n) is 15.8. The van der Waals surface area contributed by atoms with Gasteiger partial charge in [0.25, 0.3) is 0 Å². The maximum absolute atomic E-state index is 6.26. The first-order valence-corrected chi connectivity index (χ1v) is 15.8. The zero-order valence-corrected chi connectivity index (χ0v) is 26.2. The highest BCUT2D eigenvalue weighted by atomic mass is 16.8. The Balaban J connectivity index is 4.78. The predicted molar refractivity (Wildman–Crippen MR) is 160 cm³/mol. The molecule has 0 aliphatic rings. The van der Waals surface area contributed by atoms with Gasteiger partial charge in [0.2, 0.25) is 0 Å². The molecule has 232 valence electrons. The van der Waals surface area contributed by atoms with Gasteiger partial charge in [-0.2, -0.15) is 0 Å². The molecule has 0 heterocycles. The van der Waals surface area contributed by atoms with Crippen molar-refractivity contribution >= 4 is 0 Å². The number of ether oxygens (including phenoxy) is 7. The first-order chi connectivity index (χ1) is 19.1. The molecular formula is C32H62O7. The average molecular weight is 559 g/mol. The van der Waals surface area contributed by atoms with Crippen molar-refractivity contribution in [2.45, 2.75) is 144 Å². The molecule has 0 aromatic rings. The van der Waals surface area contributed by atoms with Crippen molar-refractivity contribution in [2.75, 3.05) is 39.6 Å². The van der Waals surface area contributed by atoms with Crippen LogP contribution in [0.15, 0.2) is 24.3 Å². The van der Waals surface area contributed by atoms with E-state index in [0.29, 0.717) is 39.6 Å². The maximum atomic E-state index is 6.26. The minimum atomic E-state index is -0.425. The van der Waals surface area contributed by atoms with Crippen LogP contribution in [0.5, 0.6) is 0 Å². The Morgan fingerprint density at radius 3 is 1.18 bits per heavy atom. The molecule has 0 saturated carbocycles. The van der Waals surface area contributed by atoms with E-state index in [1.807, 2.05) is 39.8 Å². The zero-order valence-electron chi connectivity index (χ0n) is 26.2. The molecule has 0 aliphatic carbocycles. The third-order valence-electron chi connectivity index (χ3n) is 5.95. The molecule has 0 aromatic carbocycles.